The van der Waals surface area contributed by atoms with Crippen LogP contribution < -0.4 is 11.1 Å². The van der Waals surface area contributed by atoms with Gasteiger partial charge in [0, 0.05) is 20.1 Å². The minimum Gasteiger partial charge on any atom is -0.344 e. The number of nitrogens with two attached hydrogens (primary N) is 1. The summed E-state index contributed by atoms with van der Waals surface area (Å²) in [7, 11) is 1.75. The first-order valence-corrected chi connectivity index (χ1v) is 7.73. The SMILES string of the molecule is CCN(C)C(=O)C(C)NC(=O)C1(CN)CCCCCC1. The third-order valence-electron chi connectivity index (χ3n) is 4.50. The summed E-state index contributed by atoms with van der Waals surface area (Å²) in [5.41, 5.74) is 5.41. The summed E-state index contributed by atoms with van der Waals surface area (Å²) in [4.78, 5) is 26.2. The highest BCUT2D eigenvalue weighted by Gasteiger charge is 2.38. The van der Waals surface area contributed by atoms with E-state index in [9.17, 15) is 9.59 Å². The van der Waals surface area contributed by atoms with Crippen molar-refractivity contribution in [3.8, 4) is 0 Å². The number of nitrogens with one attached hydrogen (secondary N) is 1. The van der Waals surface area contributed by atoms with E-state index in [1.165, 1.54) is 12.8 Å². The Balaban J connectivity index is 2.69. The molecule has 20 heavy (non-hydrogen) atoms. The van der Waals surface area contributed by atoms with Crippen LogP contribution in [0.15, 0.2) is 0 Å². The Bertz CT molecular complexity index is 336. The van der Waals surface area contributed by atoms with E-state index in [1.54, 1.807) is 18.9 Å². The van der Waals surface area contributed by atoms with Crippen molar-refractivity contribution >= 4 is 11.8 Å². The zero-order chi connectivity index (χ0) is 15.2. The molecule has 0 aromatic rings. The first-order chi connectivity index (χ1) is 9.46. The number of likely N-dealkylation sites (N-methyl/N-ethyl adjacent to an activating group) is 1. The second-order valence-electron chi connectivity index (χ2n) is 5.95. The minimum atomic E-state index is -0.487. The van der Waals surface area contributed by atoms with E-state index in [0.717, 1.165) is 25.7 Å². The molecule has 0 saturated heterocycles. The van der Waals surface area contributed by atoms with Gasteiger partial charge in [0.05, 0.1) is 5.41 Å². The number of rotatable bonds is 5. The van der Waals surface area contributed by atoms with Crippen molar-refractivity contribution < 1.29 is 9.59 Å². The monoisotopic (exact) mass is 283 g/mol. The molecule has 116 valence electrons. The van der Waals surface area contributed by atoms with Gasteiger partial charge in [-0.15, -0.1) is 0 Å². The second-order valence-corrected chi connectivity index (χ2v) is 5.95. The summed E-state index contributed by atoms with van der Waals surface area (Å²) in [5.74, 6) is -0.103. The Morgan fingerprint density at radius 3 is 2.25 bits per heavy atom. The molecule has 1 aliphatic rings. The van der Waals surface area contributed by atoms with Gasteiger partial charge in [-0.2, -0.15) is 0 Å². The maximum Gasteiger partial charge on any atom is 0.244 e. The predicted octanol–water partition coefficient (Wildman–Crippen LogP) is 1.27. The topological polar surface area (TPSA) is 75.4 Å². The smallest absolute Gasteiger partial charge is 0.244 e. The average Bonchev–Trinajstić information content (AvgIpc) is 2.71. The van der Waals surface area contributed by atoms with Crippen molar-refractivity contribution in [3.63, 3.8) is 0 Å². The van der Waals surface area contributed by atoms with Crippen molar-refractivity contribution in [2.24, 2.45) is 11.1 Å². The molecule has 1 fully saturated rings. The van der Waals surface area contributed by atoms with Gasteiger partial charge in [-0.1, -0.05) is 25.7 Å². The zero-order valence-electron chi connectivity index (χ0n) is 13.1. The third kappa shape index (κ3) is 3.95. The van der Waals surface area contributed by atoms with E-state index in [0.29, 0.717) is 13.1 Å². The van der Waals surface area contributed by atoms with Crippen LogP contribution in [0.3, 0.4) is 0 Å². The lowest BCUT2D eigenvalue weighted by molar-refractivity contribution is -0.138. The quantitative estimate of drug-likeness (QED) is 0.746. The highest BCUT2D eigenvalue weighted by molar-refractivity contribution is 5.90. The minimum absolute atomic E-state index is 0.0488. The van der Waals surface area contributed by atoms with E-state index >= 15 is 0 Å². The highest BCUT2D eigenvalue weighted by Crippen LogP contribution is 2.34. The maximum absolute atomic E-state index is 12.6. The standard InChI is InChI=1S/C15H29N3O2/c1-4-18(3)13(19)12(2)17-14(20)15(11-16)9-7-5-6-8-10-15/h12H,4-11,16H2,1-3H3,(H,17,20). The van der Waals surface area contributed by atoms with Crippen molar-refractivity contribution in [3.05, 3.63) is 0 Å². The van der Waals surface area contributed by atoms with Gasteiger partial charge in [0.15, 0.2) is 0 Å². The van der Waals surface area contributed by atoms with E-state index < -0.39 is 11.5 Å². The molecule has 1 atom stereocenters. The fourth-order valence-corrected chi connectivity index (χ4v) is 2.83. The summed E-state index contributed by atoms with van der Waals surface area (Å²) >= 11 is 0. The van der Waals surface area contributed by atoms with Gasteiger partial charge in [0.25, 0.3) is 0 Å². The zero-order valence-corrected chi connectivity index (χ0v) is 13.1. The van der Waals surface area contributed by atoms with Crippen LogP contribution in [0, 0.1) is 5.41 Å². The number of carbonyl (C=O) groups excluding carboxylic acids is 2. The molecule has 3 N–H and O–H groups in total. The van der Waals surface area contributed by atoms with Gasteiger partial charge in [-0.25, -0.2) is 0 Å². The fraction of sp³-hybridized carbons (Fsp3) is 0.867. The molecular weight excluding hydrogens is 254 g/mol. The molecule has 2 amide bonds. The van der Waals surface area contributed by atoms with E-state index in [2.05, 4.69) is 5.32 Å². The van der Waals surface area contributed by atoms with Gasteiger partial charge < -0.3 is 16.0 Å². The molecule has 5 nitrogen and oxygen atoms in total. The summed E-state index contributed by atoms with van der Waals surface area (Å²) in [5, 5.41) is 2.87. The first-order valence-electron chi connectivity index (χ1n) is 7.73. The van der Waals surface area contributed by atoms with Crippen LogP contribution in [0.2, 0.25) is 0 Å². The molecule has 0 bridgehead atoms. The summed E-state index contributed by atoms with van der Waals surface area (Å²) in [6, 6.07) is -0.487. The lowest BCUT2D eigenvalue weighted by atomic mass is 9.79. The molecule has 0 aromatic carbocycles. The van der Waals surface area contributed by atoms with Crippen LogP contribution in [0.1, 0.15) is 52.4 Å². The molecule has 1 aliphatic carbocycles. The lowest BCUT2D eigenvalue weighted by Gasteiger charge is -2.31. The van der Waals surface area contributed by atoms with E-state index in [1.807, 2.05) is 6.92 Å². The predicted molar refractivity (Wildman–Crippen MR) is 80.1 cm³/mol. The van der Waals surface area contributed by atoms with E-state index in [4.69, 9.17) is 5.73 Å². The van der Waals surface area contributed by atoms with Crippen LogP contribution in [-0.4, -0.2) is 42.9 Å². The normalized spacial score (nSPS) is 19.8. The van der Waals surface area contributed by atoms with Crippen molar-refractivity contribution in [1.82, 2.24) is 10.2 Å². The average molecular weight is 283 g/mol. The Labute approximate surface area is 122 Å². The van der Waals surface area contributed by atoms with Gasteiger partial charge in [0.1, 0.15) is 6.04 Å². The molecular formula is C15H29N3O2. The lowest BCUT2D eigenvalue weighted by Crippen LogP contribution is -2.52. The molecule has 5 heteroatoms. The Hall–Kier alpha value is -1.10. The highest BCUT2D eigenvalue weighted by atomic mass is 16.2. The van der Waals surface area contributed by atoms with Crippen LogP contribution in [0.5, 0.6) is 0 Å². The molecule has 1 unspecified atom stereocenters. The van der Waals surface area contributed by atoms with Gasteiger partial charge >= 0.3 is 0 Å². The molecule has 0 heterocycles. The first kappa shape index (κ1) is 17.0. The van der Waals surface area contributed by atoms with Crippen molar-refractivity contribution in [1.29, 1.82) is 0 Å². The van der Waals surface area contributed by atoms with Gasteiger partial charge in [0.2, 0.25) is 11.8 Å². The van der Waals surface area contributed by atoms with E-state index in [-0.39, 0.29) is 11.8 Å². The molecule has 1 saturated carbocycles. The fourth-order valence-electron chi connectivity index (χ4n) is 2.83. The number of hydrogen-bond acceptors (Lipinski definition) is 3. The molecule has 1 rings (SSSR count). The summed E-state index contributed by atoms with van der Waals surface area (Å²) < 4.78 is 0. The molecule has 0 aromatic heterocycles. The maximum atomic E-state index is 12.6. The van der Waals surface area contributed by atoms with Crippen molar-refractivity contribution in [2.75, 3.05) is 20.1 Å². The van der Waals surface area contributed by atoms with Crippen LogP contribution >= 0.6 is 0 Å². The van der Waals surface area contributed by atoms with Crippen LogP contribution in [-0.2, 0) is 9.59 Å². The molecule has 0 aliphatic heterocycles. The van der Waals surface area contributed by atoms with Gasteiger partial charge in [-0.3, -0.25) is 9.59 Å². The third-order valence-corrected chi connectivity index (χ3v) is 4.50. The Morgan fingerprint density at radius 1 is 1.25 bits per heavy atom. The Kier molecular flexibility index (Phi) is 6.46. The van der Waals surface area contributed by atoms with Crippen LogP contribution in [0.25, 0.3) is 0 Å². The van der Waals surface area contributed by atoms with Crippen molar-refractivity contribution in [2.45, 2.75) is 58.4 Å². The Morgan fingerprint density at radius 2 is 1.80 bits per heavy atom. The number of nitrogens with zero attached hydrogens (tertiary/aromatic N) is 1. The second kappa shape index (κ2) is 7.62. The molecule has 0 radical (unpaired) electrons. The van der Waals surface area contributed by atoms with Gasteiger partial charge in [-0.05, 0) is 26.7 Å². The molecule has 0 spiro atoms. The summed E-state index contributed by atoms with van der Waals surface area (Å²) in [6.45, 7) is 4.66. The van der Waals surface area contributed by atoms with Crippen LogP contribution in [0.4, 0.5) is 0 Å². The summed E-state index contributed by atoms with van der Waals surface area (Å²) in [6.07, 6.45) is 6.09. The number of amides is 2. The number of carbonyl (C=O) groups is 2. The number of hydrogen-bond donors (Lipinski definition) is 2. The largest absolute Gasteiger partial charge is 0.344 e.